The largest absolute Gasteiger partial charge is 0.344 e. The third-order valence-corrected chi connectivity index (χ3v) is 5.61. The highest BCUT2D eigenvalue weighted by molar-refractivity contribution is 7.91. The zero-order valence-corrected chi connectivity index (χ0v) is 14.2. The van der Waals surface area contributed by atoms with E-state index in [-0.39, 0.29) is 17.5 Å². The normalized spacial score (nSPS) is 19.5. The van der Waals surface area contributed by atoms with E-state index in [1.165, 1.54) is 4.90 Å². The molecule has 126 valence electrons. The molecule has 2 amide bonds. The van der Waals surface area contributed by atoms with Crippen molar-refractivity contribution < 1.29 is 18.0 Å². The molecule has 1 heterocycles. The van der Waals surface area contributed by atoms with Crippen molar-refractivity contribution in [3.05, 3.63) is 35.9 Å². The van der Waals surface area contributed by atoms with Gasteiger partial charge in [-0.25, -0.2) is 8.42 Å². The molecule has 1 N–H and O–H groups in total. The summed E-state index contributed by atoms with van der Waals surface area (Å²) in [6, 6.07) is 8.82. The Morgan fingerprint density at radius 1 is 1.26 bits per heavy atom. The van der Waals surface area contributed by atoms with E-state index in [2.05, 4.69) is 5.32 Å². The summed E-state index contributed by atoms with van der Waals surface area (Å²) in [6.07, 6.45) is 0.363. The van der Waals surface area contributed by atoms with Crippen LogP contribution in [0.1, 0.15) is 25.8 Å². The van der Waals surface area contributed by atoms with E-state index < -0.39 is 27.7 Å². The van der Waals surface area contributed by atoms with Crippen LogP contribution in [0.4, 0.5) is 0 Å². The van der Waals surface area contributed by atoms with Gasteiger partial charge in [-0.3, -0.25) is 9.59 Å². The topological polar surface area (TPSA) is 83.6 Å². The quantitative estimate of drug-likeness (QED) is 0.820. The lowest BCUT2D eigenvalue weighted by molar-refractivity contribution is -0.147. The minimum absolute atomic E-state index is 0.0596. The summed E-state index contributed by atoms with van der Waals surface area (Å²) < 4.78 is 22.9. The number of benzene rings is 1. The van der Waals surface area contributed by atoms with Crippen LogP contribution >= 0.6 is 0 Å². The standard InChI is InChI=1S/C16H22N2O4S/c1-12(2)18(10-13-6-4-3-5-7-13)16(20)15(19)17-14-8-9-23(21,22)11-14/h3-7,12,14H,8-11H2,1-2H3,(H,17,19). The Labute approximate surface area is 136 Å². The van der Waals surface area contributed by atoms with Crippen molar-refractivity contribution in [1.82, 2.24) is 10.2 Å². The minimum Gasteiger partial charge on any atom is -0.344 e. The molecule has 0 bridgehead atoms. The second kappa shape index (κ2) is 7.12. The second-order valence-electron chi connectivity index (χ2n) is 6.09. The van der Waals surface area contributed by atoms with Gasteiger partial charge in [-0.15, -0.1) is 0 Å². The van der Waals surface area contributed by atoms with E-state index in [0.717, 1.165) is 5.56 Å². The molecule has 6 nitrogen and oxygen atoms in total. The van der Waals surface area contributed by atoms with Crippen molar-refractivity contribution >= 4 is 21.7 Å². The molecule has 1 aromatic rings. The fourth-order valence-electron chi connectivity index (χ4n) is 2.56. The summed E-state index contributed by atoms with van der Waals surface area (Å²) in [4.78, 5) is 26.0. The van der Waals surface area contributed by atoms with Crippen molar-refractivity contribution in [1.29, 1.82) is 0 Å². The highest BCUT2D eigenvalue weighted by Gasteiger charge is 2.32. The van der Waals surface area contributed by atoms with Crippen molar-refractivity contribution in [2.45, 2.75) is 38.9 Å². The number of carbonyl (C=O) groups excluding carboxylic acids is 2. The van der Waals surface area contributed by atoms with Crippen LogP contribution in [0.5, 0.6) is 0 Å². The molecule has 7 heteroatoms. The van der Waals surface area contributed by atoms with Gasteiger partial charge in [-0.05, 0) is 25.8 Å². The lowest BCUT2D eigenvalue weighted by Crippen LogP contribution is -2.48. The number of hydrogen-bond donors (Lipinski definition) is 1. The molecule has 1 aromatic carbocycles. The first kappa shape index (κ1) is 17.5. The molecule has 23 heavy (non-hydrogen) atoms. The van der Waals surface area contributed by atoms with Gasteiger partial charge in [0.15, 0.2) is 9.84 Å². The van der Waals surface area contributed by atoms with E-state index in [9.17, 15) is 18.0 Å². The average molecular weight is 338 g/mol. The molecular formula is C16H22N2O4S. The fourth-order valence-corrected chi connectivity index (χ4v) is 4.23. The summed E-state index contributed by atoms with van der Waals surface area (Å²) in [6.45, 7) is 4.02. The summed E-state index contributed by atoms with van der Waals surface area (Å²) in [5.41, 5.74) is 0.936. The molecule has 1 unspecified atom stereocenters. The maximum atomic E-state index is 12.4. The molecule has 1 saturated heterocycles. The summed E-state index contributed by atoms with van der Waals surface area (Å²) in [5.74, 6) is -1.40. The van der Waals surface area contributed by atoms with Crippen LogP contribution in [-0.4, -0.2) is 48.7 Å². The van der Waals surface area contributed by atoms with Gasteiger partial charge in [-0.1, -0.05) is 30.3 Å². The van der Waals surface area contributed by atoms with Gasteiger partial charge < -0.3 is 10.2 Å². The smallest absolute Gasteiger partial charge is 0.312 e. The van der Waals surface area contributed by atoms with Crippen LogP contribution in [0.15, 0.2) is 30.3 Å². The predicted molar refractivity (Wildman–Crippen MR) is 87.3 cm³/mol. The average Bonchev–Trinajstić information content (AvgIpc) is 2.83. The summed E-state index contributed by atoms with van der Waals surface area (Å²) in [7, 11) is -3.09. The maximum Gasteiger partial charge on any atom is 0.312 e. The highest BCUT2D eigenvalue weighted by Crippen LogP contribution is 2.12. The van der Waals surface area contributed by atoms with Crippen molar-refractivity contribution in [2.75, 3.05) is 11.5 Å². The van der Waals surface area contributed by atoms with E-state index in [1.807, 2.05) is 44.2 Å². The molecule has 1 aliphatic rings. The van der Waals surface area contributed by atoms with Crippen molar-refractivity contribution in [3.8, 4) is 0 Å². The summed E-state index contributed by atoms with van der Waals surface area (Å²) in [5, 5.41) is 2.55. The lowest BCUT2D eigenvalue weighted by atomic mass is 10.2. The third-order valence-electron chi connectivity index (χ3n) is 3.84. The van der Waals surface area contributed by atoms with Crippen molar-refractivity contribution in [2.24, 2.45) is 0 Å². The Hall–Kier alpha value is -1.89. The molecule has 0 spiro atoms. The first-order valence-corrected chi connectivity index (χ1v) is 9.46. The van der Waals surface area contributed by atoms with Crippen LogP contribution in [-0.2, 0) is 26.0 Å². The molecule has 0 aliphatic carbocycles. The lowest BCUT2D eigenvalue weighted by Gasteiger charge is -2.26. The van der Waals surface area contributed by atoms with Crippen LogP contribution < -0.4 is 5.32 Å². The minimum atomic E-state index is -3.09. The Balaban J connectivity index is 2.01. The Morgan fingerprint density at radius 3 is 2.43 bits per heavy atom. The predicted octanol–water partition coefficient (Wildman–Crippen LogP) is 0.727. The molecule has 0 saturated carbocycles. The fraction of sp³-hybridized carbons (Fsp3) is 0.500. The summed E-state index contributed by atoms with van der Waals surface area (Å²) >= 11 is 0. The van der Waals surface area contributed by atoms with Gasteiger partial charge in [0.25, 0.3) is 0 Å². The zero-order chi connectivity index (χ0) is 17.0. The number of hydrogen-bond acceptors (Lipinski definition) is 4. The molecule has 2 rings (SSSR count). The van der Waals surface area contributed by atoms with Gasteiger partial charge in [0.05, 0.1) is 11.5 Å². The molecule has 1 atom stereocenters. The van der Waals surface area contributed by atoms with E-state index in [4.69, 9.17) is 0 Å². The van der Waals surface area contributed by atoms with Crippen LogP contribution in [0.2, 0.25) is 0 Å². The Kier molecular flexibility index (Phi) is 5.41. The van der Waals surface area contributed by atoms with Crippen LogP contribution in [0.3, 0.4) is 0 Å². The highest BCUT2D eigenvalue weighted by atomic mass is 32.2. The third kappa shape index (κ3) is 4.79. The molecular weight excluding hydrogens is 316 g/mol. The molecule has 1 fully saturated rings. The van der Waals surface area contributed by atoms with Gasteiger partial charge in [0, 0.05) is 18.6 Å². The number of nitrogens with one attached hydrogen (secondary N) is 1. The Bertz CT molecular complexity index is 671. The Morgan fingerprint density at radius 2 is 1.91 bits per heavy atom. The first-order chi connectivity index (χ1) is 10.8. The van der Waals surface area contributed by atoms with Gasteiger partial charge in [0.2, 0.25) is 0 Å². The first-order valence-electron chi connectivity index (χ1n) is 7.64. The zero-order valence-electron chi connectivity index (χ0n) is 13.4. The number of carbonyl (C=O) groups is 2. The second-order valence-corrected chi connectivity index (χ2v) is 8.31. The van der Waals surface area contributed by atoms with Gasteiger partial charge >= 0.3 is 11.8 Å². The number of rotatable bonds is 4. The molecule has 0 radical (unpaired) electrons. The van der Waals surface area contributed by atoms with E-state index >= 15 is 0 Å². The van der Waals surface area contributed by atoms with Crippen molar-refractivity contribution in [3.63, 3.8) is 0 Å². The van der Waals surface area contributed by atoms with E-state index in [0.29, 0.717) is 13.0 Å². The van der Waals surface area contributed by atoms with Crippen LogP contribution in [0.25, 0.3) is 0 Å². The number of sulfone groups is 1. The number of amides is 2. The van der Waals surface area contributed by atoms with Crippen LogP contribution in [0, 0.1) is 0 Å². The van der Waals surface area contributed by atoms with Gasteiger partial charge in [-0.2, -0.15) is 0 Å². The van der Waals surface area contributed by atoms with E-state index in [1.54, 1.807) is 0 Å². The van der Waals surface area contributed by atoms with Gasteiger partial charge in [0.1, 0.15) is 0 Å². The maximum absolute atomic E-state index is 12.4. The molecule has 0 aromatic heterocycles. The SMILES string of the molecule is CC(C)N(Cc1ccccc1)C(=O)C(=O)NC1CCS(=O)(=O)C1. The monoisotopic (exact) mass is 338 g/mol. The number of nitrogens with zero attached hydrogens (tertiary/aromatic N) is 1. The molecule has 1 aliphatic heterocycles.